The van der Waals surface area contributed by atoms with E-state index in [2.05, 4.69) is 11.9 Å². The number of ether oxygens (including phenoxy) is 1. The van der Waals surface area contributed by atoms with E-state index < -0.39 is 17.7 Å². The van der Waals surface area contributed by atoms with Crippen molar-refractivity contribution in [2.24, 2.45) is 0 Å². The molecule has 1 saturated heterocycles. The number of benzene rings is 2. The van der Waals surface area contributed by atoms with Crippen LogP contribution < -0.4 is 4.74 Å². The van der Waals surface area contributed by atoms with Crippen LogP contribution in [0.1, 0.15) is 48.1 Å². The Morgan fingerprint density at radius 1 is 1.11 bits per heavy atom. The number of phenolic OH excluding ortho intramolecular Hbond substituents is 1. The molecular formula is C28H28N2O5. The average molecular weight is 473 g/mol. The van der Waals surface area contributed by atoms with Gasteiger partial charge in [-0.3, -0.25) is 14.6 Å². The fraction of sp³-hybridized carbons (Fsp3) is 0.250. The Labute approximate surface area is 204 Å². The van der Waals surface area contributed by atoms with Crippen LogP contribution in [0.2, 0.25) is 0 Å². The van der Waals surface area contributed by atoms with Crippen molar-refractivity contribution >= 4 is 17.4 Å². The zero-order valence-corrected chi connectivity index (χ0v) is 19.8. The van der Waals surface area contributed by atoms with Crippen molar-refractivity contribution in [1.29, 1.82) is 0 Å². The molecule has 2 heterocycles. The Balaban J connectivity index is 1.78. The summed E-state index contributed by atoms with van der Waals surface area (Å²) >= 11 is 0. The Kier molecular flexibility index (Phi) is 7.15. The first kappa shape index (κ1) is 24.0. The minimum atomic E-state index is -0.823. The van der Waals surface area contributed by atoms with Crippen LogP contribution in [0.3, 0.4) is 0 Å². The second-order valence-electron chi connectivity index (χ2n) is 8.56. The van der Waals surface area contributed by atoms with Crippen LogP contribution >= 0.6 is 0 Å². The molecule has 2 aromatic carbocycles. The molecular weight excluding hydrogens is 444 g/mol. The molecule has 0 saturated carbocycles. The summed E-state index contributed by atoms with van der Waals surface area (Å²) in [5.41, 5.74) is 2.54. The molecule has 1 amide bonds. The van der Waals surface area contributed by atoms with Crippen LogP contribution in [0.5, 0.6) is 11.5 Å². The molecule has 0 spiro atoms. The summed E-state index contributed by atoms with van der Waals surface area (Å²) in [6, 6.07) is 14.3. The number of aromatic nitrogens is 1. The van der Waals surface area contributed by atoms with Crippen molar-refractivity contribution in [3.63, 3.8) is 0 Å². The zero-order chi connectivity index (χ0) is 24.9. The number of rotatable bonds is 8. The van der Waals surface area contributed by atoms with Gasteiger partial charge in [0.05, 0.1) is 18.2 Å². The van der Waals surface area contributed by atoms with Gasteiger partial charge in [0.25, 0.3) is 11.7 Å². The smallest absolute Gasteiger partial charge is 0.295 e. The number of likely N-dealkylation sites (tertiary alicyclic amines) is 1. The van der Waals surface area contributed by atoms with E-state index in [1.807, 2.05) is 19.1 Å². The first-order valence-corrected chi connectivity index (χ1v) is 11.6. The second-order valence-corrected chi connectivity index (χ2v) is 8.56. The number of aliphatic hydroxyl groups is 1. The van der Waals surface area contributed by atoms with Crippen molar-refractivity contribution in [2.45, 2.75) is 39.3 Å². The molecule has 0 aliphatic carbocycles. The monoisotopic (exact) mass is 472 g/mol. The Hall–Kier alpha value is -4.13. The third-order valence-corrected chi connectivity index (χ3v) is 6.04. The zero-order valence-electron chi connectivity index (χ0n) is 19.8. The van der Waals surface area contributed by atoms with Crippen molar-refractivity contribution in [1.82, 2.24) is 9.88 Å². The number of Topliss-reactive ketones (excluding diaryl/α,β-unsaturated/α-hetero) is 1. The molecule has 35 heavy (non-hydrogen) atoms. The molecule has 0 bridgehead atoms. The number of aromatic hydroxyl groups is 1. The first-order valence-electron chi connectivity index (χ1n) is 11.6. The topological polar surface area (TPSA) is 100.0 Å². The molecule has 4 rings (SSSR count). The molecule has 1 unspecified atom stereocenters. The van der Waals surface area contributed by atoms with E-state index in [4.69, 9.17) is 4.74 Å². The van der Waals surface area contributed by atoms with Gasteiger partial charge in [0.15, 0.2) is 0 Å². The summed E-state index contributed by atoms with van der Waals surface area (Å²) in [7, 11) is 0. The number of phenols is 1. The highest BCUT2D eigenvalue weighted by molar-refractivity contribution is 6.46. The highest BCUT2D eigenvalue weighted by Crippen LogP contribution is 2.41. The maximum Gasteiger partial charge on any atom is 0.295 e. The van der Waals surface area contributed by atoms with E-state index in [1.165, 1.54) is 17.0 Å². The van der Waals surface area contributed by atoms with Gasteiger partial charge in [-0.15, -0.1) is 0 Å². The van der Waals surface area contributed by atoms with Crippen molar-refractivity contribution < 1.29 is 24.5 Å². The number of hydrogen-bond donors (Lipinski definition) is 2. The van der Waals surface area contributed by atoms with E-state index in [9.17, 15) is 19.8 Å². The Bertz CT molecular complexity index is 1250. The number of aliphatic hydroxyl groups excluding tert-OH is 1. The van der Waals surface area contributed by atoms with Gasteiger partial charge in [-0.2, -0.15) is 0 Å². The number of ketones is 1. The molecule has 7 nitrogen and oxygen atoms in total. The minimum absolute atomic E-state index is 0.00679. The van der Waals surface area contributed by atoms with E-state index in [-0.39, 0.29) is 23.6 Å². The SMILES string of the molecule is CCCCOc1ccc(C(O)=C2C(=O)C(=O)N(Cc3cccnc3)C2c2ccc(O)cc2)c(C)c1. The van der Waals surface area contributed by atoms with Crippen molar-refractivity contribution in [3.05, 3.63) is 94.8 Å². The van der Waals surface area contributed by atoms with Crippen LogP contribution in [0.25, 0.3) is 5.76 Å². The summed E-state index contributed by atoms with van der Waals surface area (Å²) in [6.45, 7) is 4.65. The minimum Gasteiger partial charge on any atom is -0.508 e. The summed E-state index contributed by atoms with van der Waals surface area (Å²) in [5.74, 6) is -0.961. The number of carbonyl (C=O) groups excluding carboxylic acids is 2. The number of nitrogens with zero attached hydrogens (tertiary/aromatic N) is 2. The van der Waals surface area contributed by atoms with Gasteiger partial charge < -0.3 is 19.8 Å². The highest BCUT2D eigenvalue weighted by atomic mass is 16.5. The number of amides is 1. The van der Waals surface area contributed by atoms with Gasteiger partial charge in [0.1, 0.15) is 17.3 Å². The highest BCUT2D eigenvalue weighted by Gasteiger charge is 2.46. The summed E-state index contributed by atoms with van der Waals surface area (Å²) in [5, 5.41) is 21.1. The third kappa shape index (κ3) is 5.04. The average Bonchev–Trinajstić information content (AvgIpc) is 3.10. The molecule has 3 aromatic rings. The molecule has 7 heteroatoms. The molecule has 180 valence electrons. The summed E-state index contributed by atoms with van der Waals surface area (Å²) < 4.78 is 5.75. The lowest BCUT2D eigenvalue weighted by molar-refractivity contribution is -0.140. The lowest BCUT2D eigenvalue weighted by atomic mass is 9.93. The van der Waals surface area contributed by atoms with Gasteiger partial charge in [0, 0.05) is 24.5 Å². The predicted molar refractivity (Wildman–Crippen MR) is 132 cm³/mol. The fourth-order valence-electron chi connectivity index (χ4n) is 4.21. The Morgan fingerprint density at radius 2 is 1.89 bits per heavy atom. The number of carbonyl (C=O) groups is 2. The lowest BCUT2D eigenvalue weighted by Crippen LogP contribution is -2.29. The van der Waals surface area contributed by atoms with E-state index in [0.717, 1.165) is 24.0 Å². The largest absolute Gasteiger partial charge is 0.508 e. The van der Waals surface area contributed by atoms with E-state index in [1.54, 1.807) is 42.7 Å². The van der Waals surface area contributed by atoms with Crippen LogP contribution in [-0.2, 0) is 16.1 Å². The predicted octanol–water partition coefficient (Wildman–Crippen LogP) is 4.90. The first-order chi connectivity index (χ1) is 16.9. The van der Waals surface area contributed by atoms with Gasteiger partial charge >= 0.3 is 0 Å². The van der Waals surface area contributed by atoms with Crippen LogP contribution in [0.4, 0.5) is 0 Å². The van der Waals surface area contributed by atoms with Crippen molar-refractivity contribution in [3.8, 4) is 11.5 Å². The maximum absolute atomic E-state index is 13.2. The van der Waals surface area contributed by atoms with E-state index >= 15 is 0 Å². The van der Waals surface area contributed by atoms with E-state index in [0.29, 0.717) is 23.5 Å². The standard InChI is InChI=1S/C28H28N2O5/c1-3-4-14-35-22-11-12-23(18(2)15-22)26(32)24-25(20-7-9-21(31)10-8-20)30(28(34)27(24)33)17-19-6-5-13-29-16-19/h5-13,15-16,25,31-32H,3-4,14,17H2,1-2H3. The lowest BCUT2D eigenvalue weighted by Gasteiger charge is -2.25. The molecule has 1 fully saturated rings. The fourth-order valence-corrected chi connectivity index (χ4v) is 4.21. The summed E-state index contributed by atoms with van der Waals surface area (Å²) in [6.07, 6.45) is 5.23. The molecule has 1 aromatic heterocycles. The van der Waals surface area contributed by atoms with Gasteiger partial charge in [0.2, 0.25) is 0 Å². The number of hydrogen-bond acceptors (Lipinski definition) is 6. The van der Waals surface area contributed by atoms with Crippen LogP contribution in [-0.4, -0.2) is 38.4 Å². The maximum atomic E-state index is 13.2. The van der Waals surface area contributed by atoms with Gasteiger partial charge in [-0.05, 0) is 66.4 Å². The second kappa shape index (κ2) is 10.4. The number of pyridine rings is 1. The third-order valence-electron chi connectivity index (χ3n) is 6.04. The van der Waals surface area contributed by atoms with Crippen molar-refractivity contribution in [2.75, 3.05) is 6.61 Å². The molecule has 0 radical (unpaired) electrons. The number of aryl methyl sites for hydroxylation is 1. The number of unbranched alkanes of at least 4 members (excludes halogenated alkanes) is 1. The molecule has 2 N–H and O–H groups in total. The molecule has 1 atom stereocenters. The molecule has 1 aliphatic heterocycles. The summed E-state index contributed by atoms with van der Waals surface area (Å²) in [4.78, 5) is 31.9. The van der Waals surface area contributed by atoms with Crippen LogP contribution in [0, 0.1) is 6.92 Å². The molecule has 1 aliphatic rings. The van der Waals surface area contributed by atoms with Crippen LogP contribution in [0.15, 0.2) is 72.6 Å². The van der Waals surface area contributed by atoms with Gasteiger partial charge in [-0.25, -0.2) is 0 Å². The van der Waals surface area contributed by atoms with Gasteiger partial charge in [-0.1, -0.05) is 31.5 Å². The Morgan fingerprint density at radius 3 is 2.54 bits per heavy atom. The quantitative estimate of drug-likeness (QED) is 0.209. The normalized spacial score (nSPS) is 17.1.